The van der Waals surface area contributed by atoms with Crippen molar-refractivity contribution in [3.8, 4) is 11.3 Å². The third kappa shape index (κ3) is 7.57. The number of benzene rings is 1. The smallest absolute Gasteiger partial charge is 0.380 e. The molecule has 8 nitrogen and oxygen atoms in total. The summed E-state index contributed by atoms with van der Waals surface area (Å²) >= 11 is 0. The molecule has 0 spiro atoms. The number of ether oxygens (including phenoxy) is 1. The van der Waals surface area contributed by atoms with Gasteiger partial charge in [0, 0.05) is 63.4 Å². The number of halogens is 4. The lowest BCUT2D eigenvalue weighted by Crippen LogP contribution is -2.45. The van der Waals surface area contributed by atoms with Crippen LogP contribution in [-0.2, 0) is 35.3 Å². The molecular formula is C29H33F4N5O3. The van der Waals surface area contributed by atoms with Crippen molar-refractivity contribution in [3.63, 3.8) is 0 Å². The molecule has 41 heavy (non-hydrogen) atoms. The quantitative estimate of drug-likeness (QED) is 0.369. The average Bonchev–Trinajstić information content (AvgIpc) is 2.91. The van der Waals surface area contributed by atoms with Gasteiger partial charge in [0.2, 0.25) is 11.5 Å². The Morgan fingerprint density at radius 3 is 2.41 bits per heavy atom. The van der Waals surface area contributed by atoms with Crippen molar-refractivity contribution in [2.45, 2.75) is 39.6 Å². The van der Waals surface area contributed by atoms with Crippen LogP contribution in [0.5, 0.6) is 0 Å². The number of alkyl halides is 3. The summed E-state index contributed by atoms with van der Waals surface area (Å²) in [4.78, 5) is 35.7. The minimum Gasteiger partial charge on any atom is -0.380 e. The number of amides is 1. The van der Waals surface area contributed by atoms with Crippen molar-refractivity contribution in [1.82, 2.24) is 19.8 Å². The minimum absolute atomic E-state index is 0.0316. The number of nitrogens with one attached hydrogen (secondary N) is 2. The number of methoxy groups -OCH3 is 1. The first-order valence-corrected chi connectivity index (χ1v) is 13.3. The fourth-order valence-corrected chi connectivity index (χ4v) is 4.93. The predicted octanol–water partition coefficient (Wildman–Crippen LogP) is 4.37. The van der Waals surface area contributed by atoms with Crippen LogP contribution >= 0.6 is 0 Å². The Bertz CT molecular complexity index is 1450. The van der Waals surface area contributed by atoms with Crippen molar-refractivity contribution >= 4 is 11.6 Å². The van der Waals surface area contributed by atoms with Crippen LogP contribution in [0.4, 0.5) is 23.2 Å². The largest absolute Gasteiger partial charge is 0.416 e. The van der Waals surface area contributed by atoms with Crippen LogP contribution in [0.15, 0.2) is 41.3 Å². The molecule has 1 aromatic carbocycles. The van der Waals surface area contributed by atoms with Crippen LogP contribution in [0.1, 0.15) is 34.9 Å². The van der Waals surface area contributed by atoms with E-state index < -0.39 is 29.2 Å². The van der Waals surface area contributed by atoms with Gasteiger partial charge in [0.15, 0.2) is 0 Å². The Labute approximate surface area is 235 Å². The molecule has 0 bridgehead atoms. The highest BCUT2D eigenvalue weighted by molar-refractivity contribution is 5.92. The molecule has 3 heterocycles. The zero-order chi connectivity index (χ0) is 29.7. The first-order valence-electron chi connectivity index (χ1n) is 13.3. The molecule has 4 rings (SSSR count). The summed E-state index contributed by atoms with van der Waals surface area (Å²) in [6, 6.07) is 6.29. The molecule has 0 unspecified atom stereocenters. The highest BCUT2D eigenvalue weighted by Crippen LogP contribution is 2.36. The van der Waals surface area contributed by atoms with Crippen molar-refractivity contribution in [2.75, 3.05) is 45.2 Å². The average molecular weight is 576 g/mol. The molecule has 0 atom stereocenters. The molecule has 0 radical (unpaired) electrons. The normalized spacial score (nSPS) is 14.8. The maximum atomic E-state index is 15.0. The van der Waals surface area contributed by atoms with Gasteiger partial charge in [0.25, 0.3) is 0 Å². The van der Waals surface area contributed by atoms with Crippen molar-refractivity contribution in [1.29, 1.82) is 0 Å². The van der Waals surface area contributed by atoms with E-state index in [0.29, 0.717) is 47.2 Å². The summed E-state index contributed by atoms with van der Waals surface area (Å²) in [7, 11) is 1.51. The number of piperazine rings is 1. The fourth-order valence-electron chi connectivity index (χ4n) is 4.93. The molecule has 3 aromatic rings. The molecular weight excluding hydrogens is 542 g/mol. The molecule has 1 amide bonds. The number of likely N-dealkylation sites (N-methyl/N-ethyl adjacent to an activating group) is 1. The molecule has 2 aromatic heterocycles. The molecule has 220 valence electrons. The number of nitrogens with zero attached hydrogens (tertiary/aromatic N) is 3. The number of pyridine rings is 2. The van der Waals surface area contributed by atoms with Gasteiger partial charge < -0.3 is 19.9 Å². The number of anilines is 1. The summed E-state index contributed by atoms with van der Waals surface area (Å²) in [6.45, 7) is 7.41. The van der Waals surface area contributed by atoms with Gasteiger partial charge in [0.05, 0.1) is 30.0 Å². The van der Waals surface area contributed by atoms with Gasteiger partial charge in [-0.15, -0.1) is 0 Å². The summed E-state index contributed by atoms with van der Waals surface area (Å²) in [5.74, 6) is -1.61. The maximum absolute atomic E-state index is 15.0. The third-order valence-corrected chi connectivity index (χ3v) is 7.21. The zero-order valence-electron chi connectivity index (χ0n) is 23.2. The van der Waals surface area contributed by atoms with Gasteiger partial charge in [-0.2, -0.15) is 13.2 Å². The van der Waals surface area contributed by atoms with Gasteiger partial charge in [-0.25, -0.2) is 4.39 Å². The first kappa shape index (κ1) is 30.4. The van der Waals surface area contributed by atoms with Gasteiger partial charge in [0.1, 0.15) is 5.82 Å². The second kappa shape index (κ2) is 12.9. The Morgan fingerprint density at radius 2 is 1.78 bits per heavy atom. The number of aryl methyl sites for hydroxylation is 1. The highest BCUT2D eigenvalue weighted by atomic mass is 19.4. The number of rotatable bonds is 9. The molecule has 1 saturated heterocycles. The van der Waals surface area contributed by atoms with Crippen LogP contribution in [-0.4, -0.2) is 65.5 Å². The van der Waals surface area contributed by atoms with E-state index in [1.54, 1.807) is 19.1 Å². The number of aromatic amines is 1. The lowest BCUT2D eigenvalue weighted by molar-refractivity contribution is -0.138. The van der Waals surface area contributed by atoms with E-state index in [2.05, 4.69) is 20.2 Å². The Balaban J connectivity index is 1.50. The van der Waals surface area contributed by atoms with E-state index in [1.165, 1.54) is 19.4 Å². The number of carbonyl (C=O) groups excluding carboxylic acids is 1. The second-order valence-electron chi connectivity index (χ2n) is 10.0. The number of hydrogen-bond acceptors (Lipinski definition) is 6. The molecule has 0 aliphatic carbocycles. The monoisotopic (exact) mass is 575 g/mol. The van der Waals surface area contributed by atoms with Gasteiger partial charge in [-0.3, -0.25) is 19.5 Å². The lowest BCUT2D eigenvalue weighted by atomic mass is 10.0. The van der Waals surface area contributed by atoms with Crippen LogP contribution in [0.3, 0.4) is 0 Å². The number of aromatic nitrogens is 2. The van der Waals surface area contributed by atoms with E-state index >= 15 is 0 Å². The third-order valence-electron chi connectivity index (χ3n) is 7.21. The number of hydrogen-bond donors (Lipinski definition) is 2. The van der Waals surface area contributed by atoms with Gasteiger partial charge in [-0.1, -0.05) is 13.0 Å². The second-order valence-corrected chi connectivity index (χ2v) is 10.0. The fraction of sp³-hybridized carbons (Fsp3) is 0.414. The first-order chi connectivity index (χ1) is 19.5. The van der Waals surface area contributed by atoms with Gasteiger partial charge in [-0.05, 0) is 48.4 Å². The highest BCUT2D eigenvalue weighted by Gasteiger charge is 2.35. The molecule has 0 saturated carbocycles. The van der Waals surface area contributed by atoms with Crippen LogP contribution in [0.25, 0.3) is 11.3 Å². The Morgan fingerprint density at radius 1 is 1.07 bits per heavy atom. The van der Waals surface area contributed by atoms with E-state index in [1.807, 2.05) is 11.8 Å². The SMILES string of the molecule is CCN1CCN(Cc2cc(F)c(NC(=O)Cc3ccc(-c4c[nH]c(=O)cc4COC)nc3C)cc2C(F)(F)F)CC1. The van der Waals surface area contributed by atoms with Crippen molar-refractivity contribution in [3.05, 3.63) is 80.6 Å². The van der Waals surface area contributed by atoms with Crippen molar-refractivity contribution in [2.24, 2.45) is 0 Å². The van der Waals surface area contributed by atoms with E-state index in [-0.39, 0.29) is 30.7 Å². The van der Waals surface area contributed by atoms with Crippen molar-refractivity contribution < 1.29 is 27.1 Å². The van der Waals surface area contributed by atoms with E-state index in [4.69, 9.17) is 4.74 Å². The molecule has 12 heteroatoms. The Hall–Kier alpha value is -3.61. The summed E-state index contributed by atoms with van der Waals surface area (Å²) in [5, 5.41) is 2.30. The van der Waals surface area contributed by atoms with Crippen LogP contribution in [0.2, 0.25) is 0 Å². The summed E-state index contributed by atoms with van der Waals surface area (Å²) < 4.78 is 62.0. The Kier molecular flexibility index (Phi) is 9.57. The van der Waals surface area contributed by atoms with E-state index in [0.717, 1.165) is 25.7 Å². The molecule has 1 aliphatic rings. The molecule has 2 N–H and O–H groups in total. The number of carbonyl (C=O) groups is 1. The van der Waals surface area contributed by atoms with E-state index in [9.17, 15) is 27.2 Å². The predicted molar refractivity (Wildman–Crippen MR) is 147 cm³/mol. The molecule has 1 aliphatic heterocycles. The zero-order valence-corrected chi connectivity index (χ0v) is 23.2. The van der Waals surface area contributed by atoms with Crippen LogP contribution in [0, 0.1) is 12.7 Å². The standard InChI is InChI=1S/C29H33F4N5O3/c1-4-37-7-9-38(10-8-37)16-20-11-24(30)26(14-23(20)29(31,32)33)36-28(40)12-19-5-6-25(35-18(19)2)22-15-34-27(39)13-21(22)17-41-3/h5-6,11,13-15H,4,7-10,12,16-17H2,1-3H3,(H,34,39)(H,36,40). The molecule has 1 fully saturated rings. The van der Waals surface area contributed by atoms with Crippen LogP contribution < -0.4 is 10.9 Å². The minimum atomic E-state index is -4.71. The lowest BCUT2D eigenvalue weighted by Gasteiger charge is -2.34. The topological polar surface area (TPSA) is 90.6 Å². The summed E-state index contributed by atoms with van der Waals surface area (Å²) in [6.07, 6.45) is -3.41. The number of H-pyrrole nitrogens is 1. The summed E-state index contributed by atoms with van der Waals surface area (Å²) in [5.41, 5.74) is 0.908. The maximum Gasteiger partial charge on any atom is 0.416 e. The van der Waals surface area contributed by atoms with Gasteiger partial charge >= 0.3 is 6.18 Å².